The first kappa shape index (κ1) is 33.6. The van der Waals surface area contributed by atoms with E-state index in [1.807, 2.05) is 24.3 Å². The highest BCUT2D eigenvalue weighted by atomic mass is 15.0. The number of hydrogen-bond acceptors (Lipinski definition) is 3. The minimum absolute atomic E-state index is 0.637. The molecule has 0 aliphatic rings. The molecule has 0 aliphatic carbocycles. The van der Waals surface area contributed by atoms with Crippen molar-refractivity contribution in [2.24, 2.45) is 0 Å². The molecule has 11 aromatic rings. The second-order valence-electron chi connectivity index (χ2n) is 14.8. The maximum Gasteiger partial charge on any atom is 0.164 e. The summed E-state index contributed by atoms with van der Waals surface area (Å²) < 4.78 is 0. The van der Waals surface area contributed by atoms with Gasteiger partial charge in [0.05, 0.1) is 0 Å². The average molecular weight is 738 g/mol. The van der Waals surface area contributed by atoms with Crippen molar-refractivity contribution in [3.8, 4) is 67.5 Å². The van der Waals surface area contributed by atoms with Crippen LogP contribution in [-0.2, 0) is 0 Å². The zero-order chi connectivity index (χ0) is 38.4. The topological polar surface area (TPSA) is 38.7 Å². The highest BCUT2D eigenvalue weighted by Gasteiger charge is 2.19. The van der Waals surface area contributed by atoms with E-state index < -0.39 is 0 Å². The maximum atomic E-state index is 5.24. The normalized spacial score (nSPS) is 11.4. The Balaban J connectivity index is 1.07. The van der Waals surface area contributed by atoms with Crippen LogP contribution in [0, 0.1) is 0 Å². The quantitative estimate of drug-likeness (QED) is 0.160. The van der Waals surface area contributed by atoms with Gasteiger partial charge in [0, 0.05) is 16.7 Å². The summed E-state index contributed by atoms with van der Waals surface area (Å²) in [7, 11) is 0. The van der Waals surface area contributed by atoms with Gasteiger partial charge in [0.25, 0.3) is 0 Å². The number of benzene rings is 10. The summed E-state index contributed by atoms with van der Waals surface area (Å²) in [6.07, 6.45) is 0. The van der Waals surface area contributed by atoms with Crippen LogP contribution in [0.15, 0.2) is 212 Å². The molecule has 0 spiro atoms. The van der Waals surface area contributed by atoms with E-state index in [2.05, 4.69) is 188 Å². The first-order chi connectivity index (χ1) is 28.7. The fourth-order valence-electron chi connectivity index (χ4n) is 8.53. The summed E-state index contributed by atoms with van der Waals surface area (Å²) in [4.78, 5) is 15.5. The molecule has 0 atom stereocenters. The van der Waals surface area contributed by atoms with E-state index in [9.17, 15) is 0 Å². The van der Waals surface area contributed by atoms with Gasteiger partial charge in [-0.2, -0.15) is 0 Å². The van der Waals surface area contributed by atoms with Crippen molar-refractivity contribution < 1.29 is 0 Å². The Morgan fingerprint density at radius 2 is 0.638 bits per heavy atom. The first-order valence-electron chi connectivity index (χ1n) is 19.7. The van der Waals surface area contributed by atoms with Gasteiger partial charge in [0.15, 0.2) is 17.5 Å². The molecule has 0 saturated carbocycles. The van der Waals surface area contributed by atoms with Gasteiger partial charge in [-0.25, -0.2) is 15.0 Å². The molecule has 0 saturated heterocycles. The molecule has 0 radical (unpaired) electrons. The van der Waals surface area contributed by atoms with Gasteiger partial charge >= 0.3 is 0 Å². The van der Waals surface area contributed by atoms with Crippen LogP contribution in [0.5, 0.6) is 0 Å². The Labute approximate surface area is 336 Å². The molecule has 0 N–H and O–H groups in total. The molecule has 3 heteroatoms. The van der Waals surface area contributed by atoms with Crippen molar-refractivity contribution in [2.45, 2.75) is 0 Å². The number of rotatable bonds is 6. The fraction of sp³-hybridized carbons (Fsp3) is 0. The van der Waals surface area contributed by atoms with Crippen LogP contribution in [0.3, 0.4) is 0 Å². The summed E-state index contributed by atoms with van der Waals surface area (Å²) in [5, 5.41) is 9.49. The van der Waals surface area contributed by atoms with Crippen LogP contribution in [0.25, 0.3) is 111 Å². The zero-order valence-corrected chi connectivity index (χ0v) is 31.5. The zero-order valence-electron chi connectivity index (χ0n) is 31.5. The van der Waals surface area contributed by atoms with Crippen LogP contribution < -0.4 is 0 Å². The summed E-state index contributed by atoms with van der Waals surface area (Å²) in [5.41, 5.74) is 10.0. The molecule has 0 amide bonds. The maximum absolute atomic E-state index is 5.24. The Kier molecular flexibility index (Phi) is 8.15. The van der Waals surface area contributed by atoms with Crippen molar-refractivity contribution >= 4 is 43.1 Å². The second-order valence-corrected chi connectivity index (χ2v) is 14.8. The van der Waals surface area contributed by atoms with E-state index in [0.717, 1.165) is 49.4 Å². The van der Waals surface area contributed by atoms with Crippen LogP contribution in [0.2, 0.25) is 0 Å². The second kappa shape index (κ2) is 14.1. The average Bonchev–Trinajstić information content (AvgIpc) is 3.30. The molecular formula is C55H35N3. The SMILES string of the molecule is c1ccc(-c2cc(-c3nc(-c4ccccc4)nc(-c4ccc5cc(-c6c7ccccc7c(-c7ccccc7)c7ccccc67)ccc5c4)n3)c3ccccc3c2)cc1. The largest absolute Gasteiger partial charge is 0.208 e. The lowest BCUT2D eigenvalue weighted by Crippen LogP contribution is -2.01. The predicted octanol–water partition coefficient (Wildman–Crippen LogP) is 14.5. The molecule has 1 aromatic heterocycles. The van der Waals surface area contributed by atoms with E-state index in [1.165, 1.54) is 43.8 Å². The van der Waals surface area contributed by atoms with Gasteiger partial charge in [-0.15, -0.1) is 0 Å². The summed E-state index contributed by atoms with van der Waals surface area (Å²) in [6.45, 7) is 0. The molecular weight excluding hydrogens is 703 g/mol. The van der Waals surface area contributed by atoms with E-state index in [0.29, 0.717) is 17.5 Å². The molecule has 0 fully saturated rings. The Morgan fingerprint density at radius 1 is 0.224 bits per heavy atom. The third kappa shape index (κ3) is 5.89. The van der Waals surface area contributed by atoms with Gasteiger partial charge in [-0.05, 0) is 101 Å². The lowest BCUT2D eigenvalue weighted by molar-refractivity contribution is 1.08. The lowest BCUT2D eigenvalue weighted by Gasteiger charge is -2.18. The van der Waals surface area contributed by atoms with Crippen molar-refractivity contribution in [1.29, 1.82) is 0 Å². The summed E-state index contributed by atoms with van der Waals surface area (Å²) >= 11 is 0. The molecule has 10 aromatic carbocycles. The van der Waals surface area contributed by atoms with Crippen LogP contribution in [-0.4, -0.2) is 15.0 Å². The van der Waals surface area contributed by atoms with E-state index >= 15 is 0 Å². The molecule has 0 unspecified atom stereocenters. The number of aromatic nitrogens is 3. The molecule has 58 heavy (non-hydrogen) atoms. The Bertz CT molecular complexity index is 3260. The van der Waals surface area contributed by atoms with Crippen LogP contribution in [0.4, 0.5) is 0 Å². The molecule has 3 nitrogen and oxygen atoms in total. The smallest absolute Gasteiger partial charge is 0.164 e. The first-order valence-corrected chi connectivity index (χ1v) is 19.7. The highest BCUT2D eigenvalue weighted by Crippen LogP contribution is 2.44. The van der Waals surface area contributed by atoms with Crippen molar-refractivity contribution in [2.75, 3.05) is 0 Å². The predicted molar refractivity (Wildman–Crippen MR) is 242 cm³/mol. The minimum Gasteiger partial charge on any atom is -0.208 e. The van der Waals surface area contributed by atoms with Crippen molar-refractivity contribution in [3.63, 3.8) is 0 Å². The van der Waals surface area contributed by atoms with Crippen molar-refractivity contribution in [3.05, 3.63) is 212 Å². The van der Waals surface area contributed by atoms with Crippen LogP contribution >= 0.6 is 0 Å². The highest BCUT2D eigenvalue weighted by molar-refractivity contribution is 6.21. The molecule has 0 bridgehead atoms. The van der Waals surface area contributed by atoms with Crippen LogP contribution in [0.1, 0.15) is 0 Å². The molecule has 11 rings (SSSR count). The summed E-state index contributed by atoms with van der Waals surface area (Å²) in [6, 6.07) is 75.4. The molecule has 0 aliphatic heterocycles. The van der Waals surface area contributed by atoms with Gasteiger partial charge in [0.2, 0.25) is 0 Å². The Morgan fingerprint density at radius 3 is 1.24 bits per heavy atom. The van der Waals surface area contributed by atoms with Crippen molar-refractivity contribution in [1.82, 2.24) is 15.0 Å². The van der Waals surface area contributed by atoms with Gasteiger partial charge in [0.1, 0.15) is 0 Å². The summed E-state index contributed by atoms with van der Waals surface area (Å²) in [5.74, 6) is 1.92. The van der Waals surface area contributed by atoms with E-state index in [1.54, 1.807) is 0 Å². The van der Waals surface area contributed by atoms with Gasteiger partial charge in [-0.1, -0.05) is 188 Å². The Hall–Kier alpha value is -7.75. The van der Waals surface area contributed by atoms with Gasteiger partial charge in [-0.3, -0.25) is 0 Å². The minimum atomic E-state index is 0.637. The standard InChI is InChI=1S/C55H35N3/c1-4-16-36(17-5-1)44-34-41-22-10-11-23-45(41)50(35-44)55-57-53(38-20-8-3-9-21-38)56-54(58-55)43-31-29-39-32-42(30-28-40(39)33-43)52-48-26-14-12-24-46(48)51(37-18-6-2-7-19-37)47-25-13-15-27-49(47)52/h1-35H. The monoisotopic (exact) mass is 737 g/mol. The van der Waals surface area contributed by atoms with Gasteiger partial charge < -0.3 is 0 Å². The fourth-order valence-corrected chi connectivity index (χ4v) is 8.53. The third-order valence-corrected chi connectivity index (χ3v) is 11.3. The number of nitrogens with zero attached hydrogens (tertiary/aromatic N) is 3. The molecule has 1 heterocycles. The number of fused-ring (bicyclic) bond motifs is 4. The van der Waals surface area contributed by atoms with E-state index in [-0.39, 0.29) is 0 Å². The third-order valence-electron chi connectivity index (χ3n) is 11.3. The van der Waals surface area contributed by atoms with E-state index in [4.69, 9.17) is 15.0 Å². The number of hydrogen-bond donors (Lipinski definition) is 0. The lowest BCUT2D eigenvalue weighted by atomic mass is 9.85. The molecule has 270 valence electrons.